The van der Waals surface area contributed by atoms with Gasteiger partial charge in [0.25, 0.3) is 0 Å². The van der Waals surface area contributed by atoms with Crippen molar-refractivity contribution in [2.24, 2.45) is 0 Å². The number of nitrogens with one attached hydrogen (secondary N) is 1. The van der Waals surface area contributed by atoms with Crippen LogP contribution in [0.25, 0.3) is 16.6 Å². The van der Waals surface area contributed by atoms with Crippen molar-refractivity contribution in [3.8, 4) is 11.4 Å². The predicted molar refractivity (Wildman–Crippen MR) is 119 cm³/mol. The summed E-state index contributed by atoms with van der Waals surface area (Å²) in [5, 5.41) is 8.29. The number of rotatable bonds is 7. The highest BCUT2D eigenvalue weighted by Gasteiger charge is 2.21. The highest BCUT2D eigenvalue weighted by atomic mass is 19.1. The van der Waals surface area contributed by atoms with Crippen molar-refractivity contribution in [1.82, 2.24) is 15.1 Å². The van der Waals surface area contributed by atoms with E-state index in [0.717, 1.165) is 22.2 Å². The zero-order valence-corrected chi connectivity index (χ0v) is 17.5. The average molecular weight is 417 g/mol. The highest BCUT2D eigenvalue weighted by Crippen LogP contribution is 2.25. The molecule has 0 saturated heterocycles. The normalized spacial score (nSPS) is 13.0. The van der Waals surface area contributed by atoms with Crippen LogP contribution in [0.1, 0.15) is 19.4 Å². The highest BCUT2D eigenvalue weighted by molar-refractivity contribution is 5.81. The van der Waals surface area contributed by atoms with Gasteiger partial charge in [-0.1, -0.05) is 30.3 Å². The van der Waals surface area contributed by atoms with Crippen LogP contribution in [0, 0.1) is 5.82 Å². The maximum atomic E-state index is 13.2. The fourth-order valence-corrected chi connectivity index (χ4v) is 3.63. The molecule has 0 aliphatic rings. The Kier molecular flexibility index (Phi) is 5.98. The molecular weight excluding hydrogens is 393 g/mol. The van der Waals surface area contributed by atoms with Gasteiger partial charge in [0.05, 0.1) is 23.4 Å². The number of halogens is 1. The SMILES string of the molecule is CC(=O)NC(C)C(Cc1ccccc1)Oc1ccc2c(cnn2-c2ccc(F)cc2)c1. The molecule has 31 heavy (non-hydrogen) atoms. The molecule has 0 radical (unpaired) electrons. The number of fused-ring (bicyclic) bond motifs is 1. The van der Waals surface area contributed by atoms with E-state index >= 15 is 0 Å². The van der Waals surface area contributed by atoms with Crippen LogP contribution in [0.3, 0.4) is 0 Å². The zero-order valence-electron chi connectivity index (χ0n) is 17.5. The summed E-state index contributed by atoms with van der Waals surface area (Å²) in [5.41, 5.74) is 2.81. The lowest BCUT2D eigenvalue weighted by atomic mass is 10.0. The molecule has 0 bridgehead atoms. The van der Waals surface area contributed by atoms with Gasteiger partial charge in [0.1, 0.15) is 17.7 Å². The molecule has 5 nitrogen and oxygen atoms in total. The van der Waals surface area contributed by atoms with Gasteiger partial charge in [-0.15, -0.1) is 0 Å². The zero-order chi connectivity index (χ0) is 21.8. The van der Waals surface area contributed by atoms with E-state index in [1.54, 1.807) is 23.0 Å². The molecule has 0 fully saturated rings. The van der Waals surface area contributed by atoms with Crippen molar-refractivity contribution in [2.45, 2.75) is 32.4 Å². The first-order valence-electron chi connectivity index (χ1n) is 10.2. The van der Waals surface area contributed by atoms with Crippen molar-refractivity contribution < 1.29 is 13.9 Å². The smallest absolute Gasteiger partial charge is 0.217 e. The summed E-state index contributed by atoms with van der Waals surface area (Å²) in [4.78, 5) is 11.6. The summed E-state index contributed by atoms with van der Waals surface area (Å²) >= 11 is 0. The minimum atomic E-state index is -0.284. The standard InChI is InChI=1S/C25H24FN3O2/c1-17(28-18(2)30)25(14-19-6-4-3-5-7-19)31-23-12-13-24-20(15-23)16-27-29(24)22-10-8-21(26)9-11-22/h3-13,15-17,25H,14H2,1-2H3,(H,28,30). The molecule has 1 heterocycles. The third kappa shape index (κ3) is 4.91. The Morgan fingerprint density at radius 2 is 1.84 bits per heavy atom. The van der Waals surface area contributed by atoms with Gasteiger partial charge in [-0.2, -0.15) is 5.10 Å². The number of hydrogen-bond acceptors (Lipinski definition) is 3. The molecule has 2 atom stereocenters. The first-order valence-corrected chi connectivity index (χ1v) is 10.2. The molecule has 0 spiro atoms. The van der Waals surface area contributed by atoms with E-state index in [2.05, 4.69) is 10.4 Å². The van der Waals surface area contributed by atoms with Gasteiger partial charge < -0.3 is 10.1 Å². The Hall–Kier alpha value is -3.67. The van der Waals surface area contributed by atoms with E-state index in [0.29, 0.717) is 12.2 Å². The molecule has 3 aromatic carbocycles. The molecule has 4 aromatic rings. The van der Waals surface area contributed by atoms with Gasteiger partial charge in [0.15, 0.2) is 0 Å². The fourth-order valence-electron chi connectivity index (χ4n) is 3.63. The number of ether oxygens (including phenoxy) is 1. The number of carbonyl (C=O) groups excluding carboxylic acids is 1. The molecule has 6 heteroatoms. The summed E-state index contributed by atoms with van der Waals surface area (Å²) in [6.07, 6.45) is 2.18. The van der Waals surface area contributed by atoms with Crippen molar-refractivity contribution >= 4 is 16.8 Å². The topological polar surface area (TPSA) is 56.1 Å². The lowest BCUT2D eigenvalue weighted by Gasteiger charge is -2.26. The van der Waals surface area contributed by atoms with Crippen molar-refractivity contribution in [3.63, 3.8) is 0 Å². The van der Waals surface area contributed by atoms with Gasteiger partial charge >= 0.3 is 0 Å². The van der Waals surface area contributed by atoms with Gasteiger partial charge in [0.2, 0.25) is 5.91 Å². The molecule has 0 saturated carbocycles. The van der Waals surface area contributed by atoms with E-state index in [4.69, 9.17) is 4.74 Å². The second-order valence-electron chi connectivity index (χ2n) is 7.59. The van der Waals surface area contributed by atoms with Crippen molar-refractivity contribution in [1.29, 1.82) is 0 Å². The molecule has 2 unspecified atom stereocenters. The molecule has 158 valence electrons. The summed E-state index contributed by atoms with van der Waals surface area (Å²) in [6, 6.07) is 21.9. The summed E-state index contributed by atoms with van der Waals surface area (Å²) in [6.45, 7) is 3.45. The number of benzene rings is 3. The summed E-state index contributed by atoms with van der Waals surface area (Å²) in [7, 11) is 0. The van der Waals surface area contributed by atoms with E-state index < -0.39 is 0 Å². The molecule has 0 aliphatic heterocycles. The second kappa shape index (κ2) is 9.00. The van der Waals surface area contributed by atoms with Gasteiger partial charge in [0, 0.05) is 18.7 Å². The van der Waals surface area contributed by atoms with Crippen LogP contribution in [0.2, 0.25) is 0 Å². The van der Waals surface area contributed by atoms with Crippen LogP contribution < -0.4 is 10.1 Å². The lowest BCUT2D eigenvalue weighted by Crippen LogP contribution is -2.44. The second-order valence-corrected chi connectivity index (χ2v) is 7.59. The maximum Gasteiger partial charge on any atom is 0.217 e. The number of aromatic nitrogens is 2. The van der Waals surface area contributed by atoms with Crippen LogP contribution in [0.15, 0.2) is 79.0 Å². The average Bonchev–Trinajstić information content (AvgIpc) is 3.17. The van der Waals surface area contributed by atoms with E-state index in [1.165, 1.54) is 19.1 Å². The van der Waals surface area contributed by atoms with Gasteiger partial charge in [-0.3, -0.25) is 4.79 Å². The Morgan fingerprint density at radius 1 is 1.10 bits per heavy atom. The first-order chi connectivity index (χ1) is 15.0. The molecule has 1 aromatic heterocycles. The number of carbonyl (C=O) groups is 1. The van der Waals surface area contributed by atoms with Crippen LogP contribution in [-0.2, 0) is 11.2 Å². The monoisotopic (exact) mass is 417 g/mol. The van der Waals surface area contributed by atoms with E-state index in [-0.39, 0.29) is 23.9 Å². The Bertz CT molecular complexity index is 1170. The minimum Gasteiger partial charge on any atom is -0.488 e. The third-order valence-corrected chi connectivity index (χ3v) is 5.17. The van der Waals surface area contributed by atoms with Gasteiger partial charge in [-0.05, 0) is 55.0 Å². The van der Waals surface area contributed by atoms with Crippen LogP contribution in [0.4, 0.5) is 4.39 Å². The number of amides is 1. The van der Waals surface area contributed by atoms with Crippen molar-refractivity contribution in [2.75, 3.05) is 0 Å². The molecule has 1 N–H and O–H groups in total. The van der Waals surface area contributed by atoms with E-state index in [9.17, 15) is 9.18 Å². The Labute approximate surface area is 180 Å². The first kappa shape index (κ1) is 20.6. The number of nitrogens with zero attached hydrogens (tertiary/aromatic N) is 2. The Balaban J connectivity index is 1.59. The summed E-state index contributed by atoms with van der Waals surface area (Å²) < 4.78 is 21.3. The van der Waals surface area contributed by atoms with Gasteiger partial charge in [-0.25, -0.2) is 9.07 Å². The number of hydrogen-bond donors (Lipinski definition) is 1. The predicted octanol–water partition coefficient (Wildman–Crippen LogP) is 4.68. The fraction of sp³-hybridized carbons (Fsp3) is 0.200. The molecular formula is C25H24FN3O2. The lowest BCUT2D eigenvalue weighted by molar-refractivity contribution is -0.120. The third-order valence-electron chi connectivity index (χ3n) is 5.17. The minimum absolute atomic E-state index is 0.0924. The quantitative estimate of drug-likeness (QED) is 0.475. The van der Waals surface area contributed by atoms with E-state index in [1.807, 2.05) is 55.5 Å². The van der Waals surface area contributed by atoms with Crippen molar-refractivity contribution in [3.05, 3.63) is 90.4 Å². The molecule has 1 amide bonds. The van der Waals surface area contributed by atoms with Crippen LogP contribution in [-0.4, -0.2) is 27.8 Å². The Morgan fingerprint density at radius 3 is 2.55 bits per heavy atom. The molecule has 4 rings (SSSR count). The summed E-state index contributed by atoms with van der Waals surface area (Å²) in [5.74, 6) is 0.322. The van der Waals surface area contributed by atoms with Crippen LogP contribution >= 0.6 is 0 Å². The maximum absolute atomic E-state index is 13.2. The van der Waals surface area contributed by atoms with Crippen LogP contribution in [0.5, 0.6) is 5.75 Å². The molecule has 0 aliphatic carbocycles. The largest absolute Gasteiger partial charge is 0.488 e.